The van der Waals surface area contributed by atoms with E-state index in [0.717, 1.165) is 28.7 Å². The molecule has 0 saturated heterocycles. The van der Waals surface area contributed by atoms with E-state index >= 15 is 0 Å². The molecule has 0 radical (unpaired) electrons. The molecule has 0 unspecified atom stereocenters. The molecule has 1 saturated carbocycles. The van der Waals surface area contributed by atoms with Gasteiger partial charge in [-0.15, -0.1) is 11.3 Å². The monoisotopic (exact) mass is 351 g/mol. The molecule has 3 rings (SSSR count). The van der Waals surface area contributed by atoms with E-state index < -0.39 is 0 Å². The number of rotatable bonds is 3. The maximum atomic E-state index is 12.6. The number of thiophene rings is 1. The molecule has 1 N–H and O–H groups in total. The summed E-state index contributed by atoms with van der Waals surface area (Å²) in [7, 11) is 1.63. The van der Waals surface area contributed by atoms with Crippen LogP contribution in [0.4, 0.5) is 0 Å². The molecule has 5 heteroatoms. The molecule has 124 valence electrons. The van der Waals surface area contributed by atoms with Crippen molar-refractivity contribution in [2.75, 3.05) is 7.11 Å². The largest absolute Gasteiger partial charge is 0.497 e. The SMILES string of the molecule is COc1ccc2sc(C(=O)NC3CCCCCCC3)c(Cl)c2c1. The van der Waals surface area contributed by atoms with Gasteiger partial charge in [0.1, 0.15) is 10.6 Å². The van der Waals surface area contributed by atoms with Gasteiger partial charge >= 0.3 is 0 Å². The van der Waals surface area contributed by atoms with Crippen LogP contribution in [0.5, 0.6) is 5.75 Å². The van der Waals surface area contributed by atoms with E-state index in [1.807, 2.05) is 18.2 Å². The van der Waals surface area contributed by atoms with Crippen LogP contribution in [0.1, 0.15) is 54.6 Å². The fourth-order valence-corrected chi connectivity index (χ4v) is 4.56. The van der Waals surface area contributed by atoms with Crippen molar-refractivity contribution in [3.63, 3.8) is 0 Å². The summed E-state index contributed by atoms with van der Waals surface area (Å²) >= 11 is 7.90. The predicted molar refractivity (Wildman–Crippen MR) is 97.0 cm³/mol. The lowest BCUT2D eigenvalue weighted by atomic mass is 9.97. The summed E-state index contributed by atoms with van der Waals surface area (Å²) in [6.45, 7) is 0. The van der Waals surface area contributed by atoms with Crippen molar-refractivity contribution in [3.8, 4) is 5.75 Å². The lowest BCUT2D eigenvalue weighted by Gasteiger charge is -2.20. The molecule has 2 aromatic rings. The van der Waals surface area contributed by atoms with Gasteiger partial charge in [0.25, 0.3) is 5.91 Å². The van der Waals surface area contributed by atoms with Gasteiger partial charge in [-0.2, -0.15) is 0 Å². The van der Waals surface area contributed by atoms with Crippen LogP contribution in [-0.2, 0) is 0 Å². The number of fused-ring (bicyclic) bond motifs is 1. The summed E-state index contributed by atoms with van der Waals surface area (Å²) in [5, 5.41) is 4.61. The van der Waals surface area contributed by atoms with Crippen LogP contribution in [0.3, 0.4) is 0 Å². The second-order valence-electron chi connectivity index (χ2n) is 6.12. The van der Waals surface area contributed by atoms with E-state index in [9.17, 15) is 4.79 Å². The van der Waals surface area contributed by atoms with Crippen molar-refractivity contribution >= 4 is 38.9 Å². The molecule has 0 spiro atoms. The quantitative estimate of drug-likeness (QED) is 0.803. The minimum absolute atomic E-state index is 0.0410. The Morgan fingerprint density at radius 3 is 2.61 bits per heavy atom. The summed E-state index contributed by atoms with van der Waals surface area (Å²) in [6.07, 6.45) is 8.41. The molecule has 0 bridgehead atoms. The van der Waals surface area contributed by atoms with Crippen LogP contribution >= 0.6 is 22.9 Å². The molecule has 1 aromatic heterocycles. The Labute approximate surface area is 146 Å². The number of hydrogen-bond acceptors (Lipinski definition) is 3. The number of hydrogen-bond donors (Lipinski definition) is 1. The van der Waals surface area contributed by atoms with Gasteiger partial charge in [0.05, 0.1) is 12.1 Å². The van der Waals surface area contributed by atoms with Crippen LogP contribution in [0.25, 0.3) is 10.1 Å². The smallest absolute Gasteiger partial charge is 0.263 e. The Kier molecular flexibility index (Phi) is 5.44. The van der Waals surface area contributed by atoms with Crippen molar-refractivity contribution in [1.82, 2.24) is 5.32 Å². The van der Waals surface area contributed by atoms with Gasteiger partial charge in [0.15, 0.2) is 0 Å². The number of amides is 1. The van der Waals surface area contributed by atoms with E-state index in [-0.39, 0.29) is 11.9 Å². The summed E-state index contributed by atoms with van der Waals surface area (Å²) in [5.41, 5.74) is 0. The molecule has 1 aliphatic rings. The topological polar surface area (TPSA) is 38.3 Å². The highest BCUT2D eigenvalue weighted by Crippen LogP contribution is 2.37. The third kappa shape index (κ3) is 3.81. The summed E-state index contributed by atoms with van der Waals surface area (Å²) in [5.74, 6) is 0.713. The van der Waals surface area contributed by atoms with Gasteiger partial charge in [-0.1, -0.05) is 43.7 Å². The van der Waals surface area contributed by atoms with Gasteiger partial charge in [0, 0.05) is 16.1 Å². The fraction of sp³-hybridized carbons (Fsp3) is 0.500. The van der Waals surface area contributed by atoms with Gasteiger partial charge in [-0.25, -0.2) is 0 Å². The second kappa shape index (κ2) is 7.54. The Bertz CT molecular complexity index is 690. The minimum Gasteiger partial charge on any atom is -0.497 e. The number of nitrogens with one attached hydrogen (secondary N) is 1. The number of methoxy groups -OCH3 is 1. The van der Waals surface area contributed by atoms with Crippen molar-refractivity contribution in [3.05, 3.63) is 28.1 Å². The summed E-state index contributed by atoms with van der Waals surface area (Å²) in [6, 6.07) is 6.02. The zero-order valence-corrected chi connectivity index (χ0v) is 14.9. The third-order valence-electron chi connectivity index (χ3n) is 4.48. The summed E-state index contributed by atoms with van der Waals surface area (Å²) in [4.78, 5) is 13.2. The van der Waals surface area contributed by atoms with Gasteiger partial charge in [0.2, 0.25) is 0 Å². The maximum absolute atomic E-state index is 12.6. The Morgan fingerprint density at radius 1 is 1.22 bits per heavy atom. The standard InChI is InChI=1S/C18H22ClNO2S/c1-22-13-9-10-15-14(11-13)16(19)17(23-15)18(21)20-12-7-5-3-2-4-6-8-12/h9-12H,2-8H2,1H3,(H,20,21). The molecule has 0 aliphatic heterocycles. The van der Waals surface area contributed by atoms with Crippen LogP contribution in [0.15, 0.2) is 18.2 Å². The van der Waals surface area contributed by atoms with Gasteiger partial charge in [-0.3, -0.25) is 4.79 Å². The number of benzene rings is 1. The van der Waals surface area contributed by atoms with E-state index in [4.69, 9.17) is 16.3 Å². The highest BCUT2D eigenvalue weighted by Gasteiger charge is 2.21. The molecule has 1 amide bonds. The first-order valence-corrected chi connectivity index (χ1v) is 9.45. The Morgan fingerprint density at radius 2 is 1.91 bits per heavy atom. The van der Waals surface area contributed by atoms with E-state index in [0.29, 0.717) is 9.90 Å². The molecule has 1 aromatic carbocycles. The lowest BCUT2D eigenvalue weighted by molar-refractivity contribution is 0.0935. The van der Waals surface area contributed by atoms with E-state index in [1.165, 1.54) is 43.4 Å². The van der Waals surface area contributed by atoms with Gasteiger partial charge < -0.3 is 10.1 Å². The first kappa shape index (κ1) is 16.6. The van der Waals surface area contributed by atoms with Crippen molar-refractivity contribution in [1.29, 1.82) is 0 Å². The van der Waals surface area contributed by atoms with E-state index in [2.05, 4.69) is 5.32 Å². The summed E-state index contributed by atoms with van der Waals surface area (Å²) < 4.78 is 6.25. The molecular weight excluding hydrogens is 330 g/mol. The molecular formula is C18H22ClNO2S. The predicted octanol–water partition coefficient (Wildman–Crippen LogP) is 5.41. The highest BCUT2D eigenvalue weighted by atomic mass is 35.5. The van der Waals surface area contributed by atoms with E-state index in [1.54, 1.807) is 7.11 Å². The molecule has 23 heavy (non-hydrogen) atoms. The zero-order chi connectivity index (χ0) is 16.2. The zero-order valence-electron chi connectivity index (χ0n) is 13.4. The number of carbonyl (C=O) groups is 1. The normalized spacial score (nSPS) is 16.8. The molecule has 1 aliphatic carbocycles. The molecule has 3 nitrogen and oxygen atoms in total. The number of carbonyl (C=O) groups excluding carboxylic acids is 1. The van der Waals surface area contributed by atoms with Crippen molar-refractivity contribution in [2.24, 2.45) is 0 Å². The minimum atomic E-state index is -0.0410. The van der Waals surface area contributed by atoms with Crippen molar-refractivity contribution < 1.29 is 9.53 Å². The third-order valence-corrected chi connectivity index (χ3v) is 6.16. The van der Waals surface area contributed by atoms with Crippen LogP contribution in [-0.4, -0.2) is 19.1 Å². The number of halogens is 1. The van der Waals surface area contributed by atoms with Crippen LogP contribution in [0.2, 0.25) is 5.02 Å². The first-order valence-electron chi connectivity index (χ1n) is 8.26. The second-order valence-corrected chi connectivity index (χ2v) is 7.55. The van der Waals surface area contributed by atoms with Gasteiger partial charge in [-0.05, 0) is 31.0 Å². The molecule has 1 heterocycles. The average Bonchev–Trinajstić information content (AvgIpc) is 2.86. The molecule has 1 fully saturated rings. The van der Waals surface area contributed by atoms with Crippen LogP contribution in [0, 0.1) is 0 Å². The van der Waals surface area contributed by atoms with Crippen molar-refractivity contribution in [2.45, 2.75) is 51.0 Å². The van der Waals surface area contributed by atoms with Crippen LogP contribution < -0.4 is 10.1 Å². The average molecular weight is 352 g/mol. The highest BCUT2D eigenvalue weighted by molar-refractivity contribution is 7.21. The molecule has 0 atom stereocenters. The first-order chi connectivity index (χ1) is 11.2. The number of ether oxygens (including phenoxy) is 1. The fourth-order valence-electron chi connectivity index (χ4n) is 3.17. The Balaban J connectivity index is 1.78. The lowest BCUT2D eigenvalue weighted by Crippen LogP contribution is -2.34. The Hall–Kier alpha value is -1.26. The maximum Gasteiger partial charge on any atom is 0.263 e.